The van der Waals surface area contributed by atoms with E-state index in [1.165, 1.54) is 6.21 Å². The van der Waals surface area contributed by atoms with Gasteiger partial charge in [0.05, 0.1) is 16.0 Å². The predicted molar refractivity (Wildman–Crippen MR) is 68.4 cm³/mol. The second-order valence-electron chi connectivity index (χ2n) is 4.07. The normalized spacial score (nSPS) is 21.5. The first-order valence-corrected chi connectivity index (χ1v) is 5.20. The maximum Gasteiger partial charge on any atom is 0.227 e. The molecule has 1 aliphatic heterocycles. The third-order valence-electron chi connectivity index (χ3n) is 2.60. The van der Waals surface area contributed by atoms with Crippen LogP contribution in [-0.4, -0.2) is 50.6 Å². The number of ether oxygens (including phenoxy) is 1. The van der Waals surface area contributed by atoms with Crippen LogP contribution in [0.1, 0.15) is 9.81 Å². The second-order valence-corrected chi connectivity index (χ2v) is 4.07. The van der Waals surface area contributed by atoms with Crippen molar-refractivity contribution < 1.29 is 8.85 Å². The molecule has 1 atom stereocenters. The fourth-order valence-corrected chi connectivity index (χ4v) is 1.60. The van der Waals surface area contributed by atoms with Crippen molar-refractivity contribution in [3.05, 3.63) is 5.69 Å². The van der Waals surface area contributed by atoms with Gasteiger partial charge in [0, 0.05) is 28.2 Å². The predicted octanol–water partition coefficient (Wildman–Crippen LogP) is 0.976. The minimum absolute atomic E-state index is 0.540. The lowest BCUT2D eigenvalue weighted by atomic mass is 10.3. The molecule has 1 unspecified atom stereocenters. The summed E-state index contributed by atoms with van der Waals surface area (Å²) < 4.78 is 26.5. The molecule has 1 aliphatic rings. The quantitative estimate of drug-likeness (QED) is 0.768. The van der Waals surface area contributed by atoms with Gasteiger partial charge in [-0.25, -0.2) is 4.98 Å². The van der Waals surface area contributed by atoms with E-state index in [0.29, 0.717) is 17.5 Å². The Labute approximate surface area is 105 Å². The molecule has 0 amide bonds. The van der Waals surface area contributed by atoms with Crippen LogP contribution < -0.4 is 9.80 Å². The fourth-order valence-electron chi connectivity index (χ4n) is 1.60. The fraction of sp³-hybridized carbons (Fsp3) is 0.545. The third-order valence-corrected chi connectivity index (χ3v) is 2.60. The van der Waals surface area contributed by atoms with Crippen molar-refractivity contribution in [3.63, 3.8) is 0 Å². The Hall–Kier alpha value is -1.69. The molecule has 0 spiro atoms. The summed E-state index contributed by atoms with van der Waals surface area (Å²) in [6.45, 7) is 1.84. The lowest BCUT2D eigenvalue weighted by Crippen LogP contribution is -2.37. The maximum atomic E-state index is 7.18. The van der Waals surface area contributed by atoms with Crippen LogP contribution in [0.25, 0.3) is 0 Å². The molecule has 0 aliphatic carbocycles. The summed E-state index contributed by atoms with van der Waals surface area (Å²) in [5, 5.41) is 0. The van der Waals surface area contributed by atoms with Gasteiger partial charge in [0.2, 0.25) is 5.95 Å². The van der Waals surface area contributed by atoms with Crippen LogP contribution in [0, 0.1) is 6.92 Å². The van der Waals surface area contributed by atoms with Gasteiger partial charge in [-0.1, -0.05) is 0 Å². The minimum atomic E-state index is -2.49. The number of hydrogen-bond acceptors (Lipinski definition) is 6. The summed E-state index contributed by atoms with van der Waals surface area (Å²) in [6.07, 6.45) is 0.666. The largest absolute Gasteiger partial charge is 0.356 e. The summed E-state index contributed by atoms with van der Waals surface area (Å²) in [6, 6.07) is 0. The smallest absolute Gasteiger partial charge is 0.227 e. The monoisotopic (exact) mass is 238 g/mol. The van der Waals surface area contributed by atoms with E-state index in [1.807, 2.05) is 21.0 Å². The van der Waals surface area contributed by atoms with Gasteiger partial charge in [-0.3, -0.25) is 4.99 Å². The van der Waals surface area contributed by atoms with Gasteiger partial charge in [-0.15, -0.1) is 0 Å². The van der Waals surface area contributed by atoms with Gasteiger partial charge in [0.25, 0.3) is 0 Å². The van der Waals surface area contributed by atoms with Crippen LogP contribution in [0.5, 0.6) is 0 Å². The number of hydrogen-bond donors (Lipinski definition) is 0. The lowest BCUT2D eigenvalue weighted by Gasteiger charge is -2.30. The van der Waals surface area contributed by atoms with E-state index in [1.54, 1.807) is 16.8 Å². The molecule has 0 aromatic carbocycles. The number of methoxy groups -OCH3 is 1. The highest BCUT2D eigenvalue weighted by atomic mass is 16.5. The molecule has 0 fully saturated rings. The first-order chi connectivity index (χ1) is 9.19. The first kappa shape index (κ1) is 8.41. The summed E-state index contributed by atoms with van der Waals surface area (Å²) >= 11 is 0. The summed E-state index contributed by atoms with van der Waals surface area (Å²) in [7, 11) is 2.90. The molecule has 2 rings (SSSR count). The van der Waals surface area contributed by atoms with Gasteiger partial charge in [-0.2, -0.15) is 4.98 Å². The van der Waals surface area contributed by atoms with Crippen molar-refractivity contribution in [1.29, 1.82) is 0 Å². The second kappa shape index (κ2) is 4.29. The Morgan fingerprint density at radius 1 is 1.47 bits per heavy atom. The molecule has 6 heteroatoms. The van der Waals surface area contributed by atoms with E-state index in [2.05, 4.69) is 15.0 Å². The molecule has 1 aromatic heterocycles. The van der Waals surface area contributed by atoms with Gasteiger partial charge < -0.3 is 14.5 Å². The molecule has 6 nitrogen and oxygen atoms in total. The van der Waals surface area contributed by atoms with Crippen molar-refractivity contribution in [2.45, 2.75) is 13.2 Å². The molecule has 0 saturated carbocycles. The standard InChI is InChI=1S/C11H17N5O/c1-7-9-10(14-11(13-7)15(2)3)16(4)8(17-5)6-12-9/h6,8H,1-5H3/i5D3. The molecule has 0 bridgehead atoms. The molecule has 1 aromatic rings. The molecule has 92 valence electrons. The van der Waals surface area contributed by atoms with E-state index in [4.69, 9.17) is 8.85 Å². The number of rotatable bonds is 2. The van der Waals surface area contributed by atoms with Crippen molar-refractivity contribution in [1.82, 2.24) is 9.97 Å². The molecular weight excluding hydrogens is 218 g/mol. The average molecular weight is 238 g/mol. The Morgan fingerprint density at radius 2 is 2.24 bits per heavy atom. The van der Waals surface area contributed by atoms with Gasteiger partial charge in [0.1, 0.15) is 5.69 Å². The third kappa shape index (κ3) is 1.95. The van der Waals surface area contributed by atoms with Gasteiger partial charge in [-0.05, 0) is 6.92 Å². The number of aliphatic imine (C=N–C) groups is 1. The van der Waals surface area contributed by atoms with Crippen molar-refractivity contribution in [2.24, 2.45) is 4.99 Å². The molecule has 17 heavy (non-hydrogen) atoms. The highest BCUT2D eigenvalue weighted by molar-refractivity contribution is 5.82. The summed E-state index contributed by atoms with van der Waals surface area (Å²) in [4.78, 5) is 16.4. The van der Waals surface area contributed by atoms with E-state index in [-0.39, 0.29) is 0 Å². The zero-order valence-electron chi connectivity index (χ0n) is 13.3. The van der Waals surface area contributed by atoms with Crippen molar-refractivity contribution in [2.75, 3.05) is 38.0 Å². The van der Waals surface area contributed by atoms with E-state index >= 15 is 0 Å². The molecular formula is C11H17N5O. The number of aryl methyl sites for hydroxylation is 1. The van der Waals surface area contributed by atoms with Crippen LogP contribution in [0.3, 0.4) is 0 Å². The van der Waals surface area contributed by atoms with Crippen molar-refractivity contribution >= 4 is 23.7 Å². The SMILES string of the molecule is [2H]C([2H])([2H])OC1C=Nc2c(C)nc(N(C)C)nc2N1C. The Kier molecular flexibility index (Phi) is 2.12. The van der Waals surface area contributed by atoms with Gasteiger partial charge >= 0.3 is 0 Å². The van der Waals surface area contributed by atoms with E-state index < -0.39 is 13.3 Å². The minimum Gasteiger partial charge on any atom is -0.356 e. The molecule has 2 heterocycles. The number of fused-ring (bicyclic) bond motifs is 1. The zero-order chi connectivity index (χ0) is 15.1. The Bertz CT molecular complexity index is 544. The average Bonchev–Trinajstić information content (AvgIpc) is 2.31. The van der Waals surface area contributed by atoms with Crippen LogP contribution in [0.2, 0.25) is 0 Å². The zero-order valence-corrected chi connectivity index (χ0v) is 10.3. The van der Waals surface area contributed by atoms with Crippen LogP contribution in [0.4, 0.5) is 17.5 Å². The number of aromatic nitrogens is 2. The molecule has 0 N–H and O–H groups in total. The molecule has 0 radical (unpaired) electrons. The summed E-state index contributed by atoms with van der Waals surface area (Å²) in [5.41, 5.74) is 1.36. The first-order valence-electron chi connectivity index (χ1n) is 6.70. The van der Waals surface area contributed by atoms with Crippen LogP contribution in [-0.2, 0) is 4.74 Å². The lowest BCUT2D eigenvalue weighted by molar-refractivity contribution is 0.158. The van der Waals surface area contributed by atoms with Crippen molar-refractivity contribution in [3.8, 4) is 0 Å². The number of anilines is 2. The summed E-state index contributed by atoms with van der Waals surface area (Å²) in [5.74, 6) is 1.09. The number of nitrogens with zero attached hydrogens (tertiary/aromatic N) is 5. The van der Waals surface area contributed by atoms with Gasteiger partial charge in [0.15, 0.2) is 12.0 Å². The maximum absolute atomic E-state index is 7.18. The highest BCUT2D eigenvalue weighted by Gasteiger charge is 2.24. The molecule has 0 saturated heterocycles. The Morgan fingerprint density at radius 3 is 2.88 bits per heavy atom. The van der Waals surface area contributed by atoms with Crippen LogP contribution >= 0.6 is 0 Å². The topological polar surface area (TPSA) is 53.9 Å². The Balaban J connectivity index is 2.40. The van der Waals surface area contributed by atoms with E-state index in [0.717, 1.165) is 5.69 Å². The van der Waals surface area contributed by atoms with Crippen LogP contribution in [0.15, 0.2) is 4.99 Å². The van der Waals surface area contributed by atoms with E-state index in [9.17, 15) is 0 Å². The highest BCUT2D eigenvalue weighted by Crippen LogP contribution is 2.33.